The molecule has 8 nitrogen and oxygen atoms in total. The molecule has 0 spiro atoms. The Kier molecular flexibility index (Phi) is 6.60. The van der Waals surface area contributed by atoms with Gasteiger partial charge in [0.1, 0.15) is 18.4 Å². The van der Waals surface area contributed by atoms with Crippen LogP contribution in [0.1, 0.15) is 29.2 Å². The van der Waals surface area contributed by atoms with E-state index in [9.17, 15) is 4.79 Å². The lowest BCUT2D eigenvalue weighted by atomic mass is 10.0. The largest absolute Gasteiger partial charge is 0.467 e. The highest BCUT2D eigenvalue weighted by atomic mass is 32.1. The number of benzene rings is 1. The fourth-order valence-electron chi connectivity index (χ4n) is 4.38. The summed E-state index contributed by atoms with van der Waals surface area (Å²) in [5, 5.41) is 6.91. The van der Waals surface area contributed by atoms with E-state index in [0.29, 0.717) is 17.3 Å². The number of nitrogens with one attached hydrogen (secondary N) is 2. The van der Waals surface area contributed by atoms with Crippen LogP contribution in [-0.4, -0.2) is 34.3 Å². The number of pyridine rings is 1. The lowest BCUT2D eigenvalue weighted by Gasteiger charge is -2.29. The molecule has 0 saturated carbocycles. The number of ether oxygens (including phenoxy) is 1. The molecule has 1 aliphatic heterocycles. The maximum atomic E-state index is 11.9. The van der Waals surface area contributed by atoms with Crippen LogP contribution < -0.4 is 15.5 Å². The summed E-state index contributed by atoms with van der Waals surface area (Å²) in [6.45, 7) is 0.605. The van der Waals surface area contributed by atoms with Crippen molar-refractivity contribution in [1.29, 1.82) is 0 Å². The molecule has 1 saturated heterocycles. The van der Waals surface area contributed by atoms with E-state index in [1.54, 1.807) is 12.5 Å². The molecule has 0 bridgehead atoms. The van der Waals surface area contributed by atoms with Crippen LogP contribution >= 0.6 is 12.2 Å². The normalized spacial score (nSPS) is 17.4. The Balaban J connectivity index is 1.51. The Morgan fingerprint density at radius 2 is 2.00 bits per heavy atom. The smallest absolute Gasteiger partial charge is 0.250 e. The number of hydrogen-bond acceptors (Lipinski definition) is 5. The van der Waals surface area contributed by atoms with Crippen LogP contribution in [0.5, 0.6) is 0 Å². The van der Waals surface area contributed by atoms with Gasteiger partial charge in [0.05, 0.1) is 24.5 Å². The maximum absolute atomic E-state index is 11.9. The zero-order chi connectivity index (χ0) is 24.2. The molecule has 1 fully saturated rings. The van der Waals surface area contributed by atoms with Gasteiger partial charge in [-0.3, -0.25) is 9.78 Å². The Bertz CT molecular complexity index is 1290. The first kappa shape index (κ1) is 22.8. The van der Waals surface area contributed by atoms with E-state index in [1.165, 1.54) is 7.11 Å². The fraction of sp³-hybridized carbons (Fsp3) is 0.192. The first-order valence-corrected chi connectivity index (χ1v) is 11.6. The quantitative estimate of drug-likeness (QED) is 0.359. The molecule has 35 heavy (non-hydrogen) atoms. The molecule has 178 valence electrons. The minimum Gasteiger partial charge on any atom is -0.467 e. The minimum absolute atomic E-state index is 0.00235. The average Bonchev–Trinajstić information content (AvgIpc) is 3.61. The molecule has 2 atom stereocenters. The maximum Gasteiger partial charge on any atom is 0.250 e. The Labute approximate surface area is 208 Å². The van der Waals surface area contributed by atoms with E-state index in [-0.39, 0.29) is 24.6 Å². The van der Waals surface area contributed by atoms with Gasteiger partial charge in [0, 0.05) is 36.6 Å². The summed E-state index contributed by atoms with van der Waals surface area (Å²) >= 11 is 5.82. The molecular weight excluding hydrogens is 462 g/mol. The zero-order valence-corrected chi connectivity index (χ0v) is 19.9. The Morgan fingerprint density at radius 1 is 1.14 bits per heavy atom. The Morgan fingerprint density at radius 3 is 2.71 bits per heavy atom. The van der Waals surface area contributed by atoms with Crippen LogP contribution in [0.4, 0.5) is 11.4 Å². The highest BCUT2D eigenvalue weighted by molar-refractivity contribution is 7.80. The van der Waals surface area contributed by atoms with Crippen LogP contribution in [0.3, 0.4) is 0 Å². The van der Waals surface area contributed by atoms with Gasteiger partial charge in [-0.15, -0.1) is 0 Å². The summed E-state index contributed by atoms with van der Waals surface area (Å²) in [5.74, 6) is 0.663. The van der Waals surface area contributed by atoms with Crippen molar-refractivity contribution in [1.82, 2.24) is 14.9 Å². The molecular formula is C26H25N5O3S. The predicted molar refractivity (Wildman–Crippen MR) is 137 cm³/mol. The number of amides is 1. The third-order valence-electron chi connectivity index (χ3n) is 5.88. The third-order valence-corrected chi connectivity index (χ3v) is 6.19. The van der Waals surface area contributed by atoms with Crippen molar-refractivity contribution >= 4 is 34.6 Å². The molecule has 3 aromatic heterocycles. The van der Waals surface area contributed by atoms with Gasteiger partial charge in [0.15, 0.2) is 5.11 Å². The van der Waals surface area contributed by atoms with Crippen molar-refractivity contribution in [3.8, 4) is 0 Å². The fourth-order valence-corrected chi connectivity index (χ4v) is 4.72. The van der Waals surface area contributed by atoms with E-state index < -0.39 is 0 Å². The molecule has 1 amide bonds. The van der Waals surface area contributed by atoms with Crippen LogP contribution in [0.15, 0.2) is 89.8 Å². The van der Waals surface area contributed by atoms with Crippen molar-refractivity contribution in [2.45, 2.75) is 18.6 Å². The van der Waals surface area contributed by atoms with Crippen LogP contribution in [0, 0.1) is 0 Å². The number of anilines is 2. The van der Waals surface area contributed by atoms with Gasteiger partial charge in [-0.2, -0.15) is 0 Å². The molecule has 9 heteroatoms. The van der Waals surface area contributed by atoms with Gasteiger partial charge in [-0.05, 0) is 72.9 Å². The van der Waals surface area contributed by atoms with Gasteiger partial charge >= 0.3 is 0 Å². The summed E-state index contributed by atoms with van der Waals surface area (Å²) in [7, 11) is 1.49. The summed E-state index contributed by atoms with van der Waals surface area (Å²) in [5.41, 5.74) is 3.56. The molecule has 4 aromatic rings. The second-order valence-electron chi connectivity index (χ2n) is 8.16. The number of methoxy groups -OCH3 is 1. The molecule has 0 radical (unpaired) electrons. The monoisotopic (exact) mass is 487 g/mol. The first-order chi connectivity index (χ1) is 17.1. The van der Waals surface area contributed by atoms with Crippen molar-refractivity contribution in [3.05, 3.63) is 103 Å². The third kappa shape index (κ3) is 4.82. The number of hydrogen-bond donors (Lipinski definition) is 2. The first-order valence-electron chi connectivity index (χ1n) is 11.2. The number of furan rings is 1. The van der Waals surface area contributed by atoms with Crippen molar-refractivity contribution in [3.63, 3.8) is 0 Å². The number of carbonyl (C=O) groups excluding carboxylic acids is 1. The van der Waals surface area contributed by atoms with Gasteiger partial charge < -0.3 is 29.3 Å². The van der Waals surface area contributed by atoms with Crippen LogP contribution in [0.25, 0.3) is 0 Å². The van der Waals surface area contributed by atoms with E-state index in [2.05, 4.69) is 31.2 Å². The number of nitrogens with zero attached hydrogens (tertiary/aromatic N) is 3. The average molecular weight is 488 g/mol. The zero-order valence-electron chi connectivity index (χ0n) is 19.1. The van der Waals surface area contributed by atoms with Crippen molar-refractivity contribution < 1.29 is 13.9 Å². The number of aromatic nitrogens is 2. The van der Waals surface area contributed by atoms with E-state index >= 15 is 0 Å². The van der Waals surface area contributed by atoms with Crippen LogP contribution in [-0.2, 0) is 16.1 Å². The lowest BCUT2D eigenvalue weighted by molar-refractivity contribution is -0.119. The van der Waals surface area contributed by atoms with Crippen molar-refractivity contribution in [2.75, 3.05) is 23.9 Å². The molecule has 1 aromatic carbocycles. The second kappa shape index (κ2) is 10.1. The molecule has 0 unspecified atom stereocenters. The van der Waals surface area contributed by atoms with Gasteiger partial charge in [0.25, 0.3) is 0 Å². The molecule has 4 heterocycles. The molecule has 1 aliphatic rings. The predicted octanol–water partition coefficient (Wildman–Crippen LogP) is 4.29. The van der Waals surface area contributed by atoms with E-state index in [1.807, 2.05) is 66.9 Å². The van der Waals surface area contributed by atoms with E-state index in [0.717, 1.165) is 22.8 Å². The molecule has 5 rings (SSSR count). The summed E-state index contributed by atoms with van der Waals surface area (Å²) in [4.78, 5) is 18.6. The number of thiocarbonyl (C=S) groups is 1. The lowest BCUT2D eigenvalue weighted by Crippen LogP contribution is -2.30. The van der Waals surface area contributed by atoms with Crippen molar-refractivity contribution in [2.24, 2.45) is 0 Å². The van der Waals surface area contributed by atoms with E-state index in [4.69, 9.17) is 21.4 Å². The topological polar surface area (TPSA) is 84.6 Å². The summed E-state index contributed by atoms with van der Waals surface area (Å²) < 4.78 is 12.7. The molecule has 2 N–H and O–H groups in total. The SMILES string of the molecule is COCC(=O)Nc1ccc(N2C(=S)N[C@H](c3ccccn3)[C@@H]2c2cccn2Cc2ccco2)cc1. The number of carbonyl (C=O) groups is 1. The number of rotatable bonds is 8. The highest BCUT2D eigenvalue weighted by Gasteiger charge is 2.42. The van der Waals surface area contributed by atoms with Crippen LogP contribution in [0.2, 0.25) is 0 Å². The summed E-state index contributed by atoms with van der Waals surface area (Å²) in [6.07, 6.45) is 5.52. The minimum atomic E-state index is -0.206. The summed E-state index contributed by atoms with van der Waals surface area (Å²) in [6, 6.07) is 21.2. The Hall–Kier alpha value is -3.95. The van der Waals surface area contributed by atoms with Gasteiger partial charge in [0.2, 0.25) is 5.91 Å². The standard InChI is InChI=1S/C26H25N5O3S/c1-33-17-23(32)28-18-9-11-19(12-10-18)31-25(24(29-26(31)35)21-7-2-3-13-27-21)22-8-4-14-30(22)16-20-6-5-15-34-20/h2-15,24-25H,16-17H2,1H3,(H,28,32)(H,29,35)/t24-,25+/m1/s1. The highest BCUT2D eigenvalue weighted by Crippen LogP contribution is 2.42. The van der Waals surface area contributed by atoms with Gasteiger partial charge in [-0.1, -0.05) is 6.07 Å². The van der Waals surface area contributed by atoms with Gasteiger partial charge in [-0.25, -0.2) is 0 Å². The molecule has 0 aliphatic carbocycles. The second-order valence-corrected chi connectivity index (χ2v) is 8.55.